The molecule has 3 aromatic rings. The topological polar surface area (TPSA) is 46.1 Å². The number of anilines is 1. The number of amides is 1. The van der Waals surface area contributed by atoms with E-state index in [4.69, 9.17) is 0 Å². The second-order valence-electron chi connectivity index (χ2n) is 7.31. The first-order valence-corrected chi connectivity index (χ1v) is 11.6. The van der Waals surface area contributed by atoms with Crippen molar-refractivity contribution in [2.24, 2.45) is 0 Å². The van der Waals surface area contributed by atoms with Crippen LogP contribution in [0.15, 0.2) is 64.0 Å². The smallest absolute Gasteiger partial charge is 0.260 e. The zero-order valence-corrected chi connectivity index (χ0v) is 19.6. The summed E-state index contributed by atoms with van der Waals surface area (Å²) >= 11 is 5.00. The molecule has 2 N–H and O–H groups in total. The fourth-order valence-electron chi connectivity index (χ4n) is 3.62. The number of aryl methyl sites for hydroxylation is 2. The van der Waals surface area contributed by atoms with Crippen LogP contribution in [0.3, 0.4) is 0 Å². The summed E-state index contributed by atoms with van der Waals surface area (Å²) in [5, 5.41) is 6.39. The summed E-state index contributed by atoms with van der Waals surface area (Å²) in [7, 11) is 0. The van der Waals surface area contributed by atoms with Gasteiger partial charge in [0.05, 0.1) is 4.91 Å². The Morgan fingerprint density at radius 3 is 2.50 bits per heavy atom. The molecule has 1 aromatic heterocycles. The SMILES string of the molecule is CCc1ccc(N[C@@H]2NC(=O)/C(=C\c3cc(C)n(-c4ccc(Br)cc4)c3C)S2)cc1. The third-order valence-electron chi connectivity index (χ3n) is 5.23. The normalized spacial score (nSPS) is 17.4. The fraction of sp³-hybridized carbons (Fsp3) is 0.208. The van der Waals surface area contributed by atoms with Gasteiger partial charge >= 0.3 is 0 Å². The molecular formula is C24H24BrN3OS. The van der Waals surface area contributed by atoms with Crippen LogP contribution >= 0.6 is 27.7 Å². The van der Waals surface area contributed by atoms with E-state index in [1.54, 1.807) is 0 Å². The van der Waals surface area contributed by atoms with Crippen molar-refractivity contribution < 1.29 is 4.79 Å². The molecule has 1 fully saturated rings. The molecule has 0 spiro atoms. The quantitative estimate of drug-likeness (QED) is 0.438. The van der Waals surface area contributed by atoms with Crippen molar-refractivity contribution in [1.29, 1.82) is 0 Å². The molecule has 6 heteroatoms. The molecule has 1 aliphatic heterocycles. The molecule has 1 aliphatic rings. The standard InChI is InChI=1S/C24H24BrN3OS/c1-4-17-5-9-20(10-6-17)26-24-27-23(29)22(30-24)14-18-13-15(2)28(16(18)3)21-11-7-19(25)8-12-21/h5-14,24,26H,4H2,1-3H3,(H,27,29)/b22-14+/t24-/m1/s1. The number of halogens is 1. The van der Waals surface area contributed by atoms with Gasteiger partial charge in [-0.15, -0.1) is 0 Å². The first-order valence-electron chi connectivity index (χ1n) is 9.94. The minimum absolute atomic E-state index is 0.0453. The monoisotopic (exact) mass is 481 g/mol. The van der Waals surface area contributed by atoms with Crippen LogP contribution in [-0.2, 0) is 11.2 Å². The van der Waals surface area contributed by atoms with Crippen LogP contribution in [-0.4, -0.2) is 16.0 Å². The Morgan fingerprint density at radius 1 is 1.13 bits per heavy atom. The van der Waals surface area contributed by atoms with Crippen molar-refractivity contribution in [2.75, 3.05) is 5.32 Å². The van der Waals surface area contributed by atoms with Gasteiger partial charge in [0.25, 0.3) is 5.91 Å². The number of thioether (sulfide) groups is 1. The van der Waals surface area contributed by atoms with E-state index in [-0.39, 0.29) is 11.4 Å². The Balaban J connectivity index is 1.54. The molecule has 0 aliphatic carbocycles. The number of rotatable bonds is 5. The fourth-order valence-corrected chi connectivity index (χ4v) is 4.86. The Bertz CT molecular complexity index is 1100. The lowest BCUT2D eigenvalue weighted by Gasteiger charge is -2.12. The van der Waals surface area contributed by atoms with E-state index >= 15 is 0 Å². The molecule has 2 aromatic carbocycles. The van der Waals surface area contributed by atoms with Crippen molar-refractivity contribution in [3.63, 3.8) is 0 Å². The second-order valence-corrected chi connectivity index (χ2v) is 9.38. The highest BCUT2D eigenvalue weighted by Crippen LogP contribution is 2.32. The summed E-state index contributed by atoms with van der Waals surface area (Å²) in [6.07, 6.45) is 3.00. The largest absolute Gasteiger partial charge is 0.357 e. The first kappa shape index (κ1) is 20.8. The summed E-state index contributed by atoms with van der Waals surface area (Å²) in [6.45, 7) is 6.31. The Hall–Kier alpha value is -2.44. The maximum atomic E-state index is 12.5. The van der Waals surface area contributed by atoms with Crippen LogP contribution in [0.25, 0.3) is 11.8 Å². The predicted molar refractivity (Wildman–Crippen MR) is 130 cm³/mol. The summed E-state index contributed by atoms with van der Waals surface area (Å²) in [5.41, 5.74) is 6.53. The molecule has 154 valence electrons. The molecule has 30 heavy (non-hydrogen) atoms. The number of carbonyl (C=O) groups is 1. The lowest BCUT2D eigenvalue weighted by molar-refractivity contribution is -0.116. The minimum Gasteiger partial charge on any atom is -0.357 e. The maximum absolute atomic E-state index is 12.5. The molecule has 0 saturated carbocycles. The third-order valence-corrected chi connectivity index (χ3v) is 6.79. The number of nitrogens with zero attached hydrogens (tertiary/aromatic N) is 1. The number of aromatic nitrogens is 1. The highest BCUT2D eigenvalue weighted by molar-refractivity contribution is 9.10. The Labute approximate surface area is 189 Å². The van der Waals surface area contributed by atoms with Crippen molar-refractivity contribution >= 4 is 45.4 Å². The van der Waals surface area contributed by atoms with Gasteiger partial charge < -0.3 is 15.2 Å². The van der Waals surface area contributed by atoms with Gasteiger partial charge in [0.1, 0.15) is 0 Å². The van der Waals surface area contributed by atoms with Crippen LogP contribution in [0.2, 0.25) is 0 Å². The van der Waals surface area contributed by atoms with Crippen molar-refractivity contribution in [2.45, 2.75) is 32.7 Å². The molecule has 1 amide bonds. The van der Waals surface area contributed by atoms with E-state index in [9.17, 15) is 4.79 Å². The molecule has 0 bridgehead atoms. The second kappa shape index (κ2) is 8.74. The highest BCUT2D eigenvalue weighted by atomic mass is 79.9. The van der Waals surface area contributed by atoms with Crippen LogP contribution in [0.4, 0.5) is 5.69 Å². The van der Waals surface area contributed by atoms with Crippen molar-refractivity contribution in [3.8, 4) is 5.69 Å². The van der Waals surface area contributed by atoms with E-state index in [0.29, 0.717) is 4.91 Å². The number of nitrogens with one attached hydrogen (secondary N) is 2. The Morgan fingerprint density at radius 2 is 1.83 bits per heavy atom. The van der Waals surface area contributed by atoms with Crippen molar-refractivity contribution in [3.05, 3.63) is 86.5 Å². The maximum Gasteiger partial charge on any atom is 0.260 e. The molecule has 1 atom stereocenters. The zero-order chi connectivity index (χ0) is 21.3. The summed E-state index contributed by atoms with van der Waals surface area (Å²) in [4.78, 5) is 13.3. The van der Waals surface area contributed by atoms with Crippen LogP contribution < -0.4 is 10.6 Å². The molecule has 2 heterocycles. The van der Waals surface area contributed by atoms with Gasteiger partial charge in [0.2, 0.25) is 0 Å². The molecule has 1 saturated heterocycles. The van der Waals surface area contributed by atoms with Crippen LogP contribution in [0.1, 0.15) is 29.4 Å². The summed E-state index contributed by atoms with van der Waals surface area (Å²) in [5.74, 6) is -0.0453. The van der Waals surface area contributed by atoms with Gasteiger partial charge in [-0.1, -0.05) is 46.7 Å². The number of benzene rings is 2. The zero-order valence-electron chi connectivity index (χ0n) is 17.2. The molecule has 0 unspecified atom stereocenters. The molecule has 4 nitrogen and oxygen atoms in total. The number of hydrogen-bond donors (Lipinski definition) is 2. The van der Waals surface area contributed by atoms with Gasteiger partial charge in [0, 0.05) is 27.2 Å². The van der Waals surface area contributed by atoms with E-state index in [1.165, 1.54) is 17.3 Å². The molecular weight excluding hydrogens is 458 g/mol. The van der Waals surface area contributed by atoms with E-state index in [1.807, 2.05) is 18.2 Å². The van der Waals surface area contributed by atoms with Gasteiger partial charge in [-0.05, 0) is 79.9 Å². The molecule has 0 radical (unpaired) electrons. The van der Waals surface area contributed by atoms with E-state index < -0.39 is 0 Å². The predicted octanol–water partition coefficient (Wildman–Crippen LogP) is 6.02. The van der Waals surface area contributed by atoms with Gasteiger partial charge in [-0.3, -0.25) is 4.79 Å². The first-order chi connectivity index (χ1) is 14.4. The van der Waals surface area contributed by atoms with Crippen LogP contribution in [0, 0.1) is 13.8 Å². The van der Waals surface area contributed by atoms with Crippen molar-refractivity contribution in [1.82, 2.24) is 9.88 Å². The average Bonchev–Trinajstić information content (AvgIpc) is 3.21. The van der Waals surface area contributed by atoms with E-state index in [0.717, 1.165) is 39.2 Å². The number of hydrogen-bond acceptors (Lipinski definition) is 3. The Kier molecular flexibility index (Phi) is 6.06. The minimum atomic E-state index is -0.175. The van der Waals surface area contributed by atoms with E-state index in [2.05, 4.69) is 94.4 Å². The summed E-state index contributed by atoms with van der Waals surface area (Å²) < 4.78 is 3.26. The lowest BCUT2D eigenvalue weighted by atomic mass is 10.1. The molecule has 4 rings (SSSR count). The highest BCUT2D eigenvalue weighted by Gasteiger charge is 2.27. The van der Waals surface area contributed by atoms with Gasteiger partial charge in [-0.25, -0.2) is 0 Å². The third kappa shape index (κ3) is 4.35. The summed E-state index contributed by atoms with van der Waals surface area (Å²) in [6, 6.07) is 18.7. The van der Waals surface area contributed by atoms with Crippen LogP contribution in [0.5, 0.6) is 0 Å². The number of carbonyl (C=O) groups excluding carboxylic acids is 1. The van der Waals surface area contributed by atoms with Gasteiger partial charge in [0.15, 0.2) is 5.50 Å². The average molecular weight is 482 g/mol. The lowest BCUT2D eigenvalue weighted by Crippen LogP contribution is -2.30. The van der Waals surface area contributed by atoms with Gasteiger partial charge in [-0.2, -0.15) is 0 Å².